The van der Waals surface area contributed by atoms with Crippen molar-refractivity contribution in [3.8, 4) is 0 Å². The summed E-state index contributed by atoms with van der Waals surface area (Å²) in [5, 5.41) is 0. The lowest BCUT2D eigenvalue weighted by Crippen LogP contribution is -1.77. The van der Waals surface area contributed by atoms with Crippen molar-refractivity contribution in [1.82, 2.24) is 4.98 Å². The lowest BCUT2D eigenvalue weighted by Gasteiger charge is -1.83. The molecule has 0 saturated carbocycles. The van der Waals surface area contributed by atoms with Crippen LogP contribution in [0.2, 0.25) is 0 Å². The van der Waals surface area contributed by atoms with E-state index in [-0.39, 0.29) is 0 Å². The molecule has 0 aliphatic carbocycles. The molecule has 0 saturated heterocycles. The van der Waals surface area contributed by atoms with Crippen molar-refractivity contribution in [3.05, 3.63) is 30.2 Å². The molecule has 3 nitrogen and oxygen atoms in total. The van der Waals surface area contributed by atoms with Crippen molar-refractivity contribution in [2.45, 2.75) is 0 Å². The number of pyridine rings is 1. The summed E-state index contributed by atoms with van der Waals surface area (Å²) in [4.78, 5) is 14.4. The van der Waals surface area contributed by atoms with E-state index < -0.39 is 0 Å². The van der Waals surface area contributed by atoms with Crippen LogP contribution in [0.3, 0.4) is 0 Å². The third-order valence-corrected chi connectivity index (χ3v) is 1.48. The molecule has 0 aliphatic heterocycles. The van der Waals surface area contributed by atoms with Crippen LogP contribution < -0.4 is 0 Å². The number of hydrogen-bond acceptors (Lipinski definition) is 3. The minimum atomic E-state index is 0.501. The number of rotatable bonds is 1. The second kappa shape index (κ2) is 2.20. The van der Waals surface area contributed by atoms with Gasteiger partial charge in [0.25, 0.3) is 0 Å². The highest BCUT2D eigenvalue weighted by atomic mass is 16.3. The first-order valence-corrected chi connectivity index (χ1v) is 3.19. The lowest BCUT2D eigenvalue weighted by atomic mass is 10.3. The second-order valence-electron chi connectivity index (χ2n) is 2.16. The summed E-state index contributed by atoms with van der Waals surface area (Å²) in [6.07, 6.45) is 3.77. The third-order valence-electron chi connectivity index (χ3n) is 1.48. The normalized spacial score (nSPS) is 10.2. The number of carbonyl (C=O) groups excluding carboxylic acids is 1. The third kappa shape index (κ3) is 0.816. The summed E-state index contributed by atoms with van der Waals surface area (Å²) in [5.74, 6) is 0. The first-order chi connectivity index (χ1) is 5.42. The monoisotopic (exact) mass is 147 g/mol. The SMILES string of the molecule is O=Cc1coc2cccnc12. The van der Waals surface area contributed by atoms with Crippen LogP contribution in [0.5, 0.6) is 0 Å². The maximum Gasteiger partial charge on any atom is 0.155 e. The fourth-order valence-corrected chi connectivity index (χ4v) is 0.969. The van der Waals surface area contributed by atoms with E-state index in [9.17, 15) is 4.79 Å². The van der Waals surface area contributed by atoms with Crippen LogP contribution in [0.4, 0.5) is 0 Å². The minimum Gasteiger partial charge on any atom is -0.462 e. The van der Waals surface area contributed by atoms with Gasteiger partial charge in [0.2, 0.25) is 0 Å². The first-order valence-electron chi connectivity index (χ1n) is 3.19. The fourth-order valence-electron chi connectivity index (χ4n) is 0.969. The Kier molecular flexibility index (Phi) is 1.22. The molecule has 0 atom stereocenters. The van der Waals surface area contributed by atoms with Crippen molar-refractivity contribution >= 4 is 17.4 Å². The Morgan fingerprint density at radius 3 is 3.27 bits per heavy atom. The van der Waals surface area contributed by atoms with Crippen molar-refractivity contribution in [2.75, 3.05) is 0 Å². The number of aromatic nitrogens is 1. The molecule has 0 N–H and O–H groups in total. The van der Waals surface area contributed by atoms with E-state index in [1.807, 2.05) is 0 Å². The Morgan fingerprint density at radius 2 is 2.45 bits per heavy atom. The molecule has 0 bridgehead atoms. The van der Waals surface area contributed by atoms with Crippen molar-refractivity contribution < 1.29 is 9.21 Å². The number of nitrogens with zero attached hydrogens (tertiary/aromatic N) is 1. The molecule has 2 rings (SSSR count). The first kappa shape index (κ1) is 6.09. The van der Waals surface area contributed by atoms with Gasteiger partial charge in [-0.3, -0.25) is 9.78 Å². The van der Waals surface area contributed by atoms with Gasteiger partial charge >= 0.3 is 0 Å². The van der Waals surface area contributed by atoms with Crippen molar-refractivity contribution in [1.29, 1.82) is 0 Å². The van der Waals surface area contributed by atoms with Gasteiger partial charge in [0.1, 0.15) is 11.8 Å². The van der Waals surface area contributed by atoms with Crippen molar-refractivity contribution in [2.24, 2.45) is 0 Å². The molecule has 11 heavy (non-hydrogen) atoms. The van der Waals surface area contributed by atoms with E-state index in [0.29, 0.717) is 16.7 Å². The van der Waals surface area contributed by atoms with Gasteiger partial charge in [-0.1, -0.05) is 0 Å². The van der Waals surface area contributed by atoms with Crippen LogP contribution in [0.15, 0.2) is 29.0 Å². The zero-order valence-corrected chi connectivity index (χ0v) is 5.65. The van der Waals surface area contributed by atoms with Crippen LogP contribution in [-0.2, 0) is 0 Å². The van der Waals surface area contributed by atoms with Crippen LogP contribution in [0, 0.1) is 0 Å². The minimum absolute atomic E-state index is 0.501. The topological polar surface area (TPSA) is 43.1 Å². The number of furan rings is 1. The Hall–Kier alpha value is -1.64. The van der Waals surface area contributed by atoms with E-state index >= 15 is 0 Å². The Bertz CT molecular complexity index is 392. The number of hydrogen-bond donors (Lipinski definition) is 0. The molecule has 0 radical (unpaired) electrons. The molecule has 0 aliphatic rings. The zero-order chi connectivity index (χ0) is 7.68. The maximum absolute atomic E-state index is 10.4. The van der Waals surface area contributed by atoms with Crippen LogP contribution >= 0.6 is 0 Å². The molecule has 2 aromatic rings. The predicted octanol–water partition coefficient (Wildman–Crippen LogP) is 1.64. The number of fused-ring (bicyclic) bond motifs is 1. The van der Waals surface area contributed by atoms with Gasteiger partial charge in [-0.2, -0.15) is 0 Å². The molecule has 0 amide bonds. The molecule has 2 aromatic heterocycles. The Labute approximate surface area is 62.7 Å². The van der Waals surface area contributed by atoms with E-state index in [4.69, 9.17) is 4.42 Å². The summed E-state index contributed by atoms with van der Waals surface area (Å²) in [5.41, 5.74) is 1.78. The lowest BCUT2D eigenvalue weighted by molar-refractivity contribution is 0.112. The van der Waals surface area contributed by atoms with Gasteiger partial charge in [-0.15, -0.1) is 0 Å². The quantitative estimate of drug-likeness (QED) is 0.576. The van der Waals surface area contributed by atoms with E-state index in [1.54, 1.807) is 18.3 Å². The highest BCUT2D eigenvalue weighted by molar-refractivity contribution is 5.92. The van der Waals surface area contributed by atoms with E-state index in [0.717, 1.165) is 6.29 Å². The highest BCUT2D eigenvalue weighted by Gasteiger charge is 2.03. The number of aldehydes is 1. The summed E-state index contributed by atoms with van der Waals surface area (Å²) in [7, 11) is 0. The van der Waals surface area contributed by atoms with Crippen LogP contribution in [-0.4, -0.2) is 11.3 Å². The van der Waals surface area contributed by atoms with Gasteiger partial charge in [0.05, 0.1) is 5.56 Å². The molecule has 0 fully saturated rings. The molecule has 0 unspecified atom stereocenters. The molecule has 54 valence electrons. The average Bonchev–Trinajstić information content (AvgIpc) is 2.47. The molecular weight excluding hydrogens is 142 g/mol. The second-order valence-corrected chi connectivity index (χ2v) is 2.16. The van der Waals surface area contributed by atoms with E-state index in [2.05, 4.69) is 4.98 Å². The summed E-state index contributed by atoms with van der Waals surface area (Å²) in [6, 6.07) is 3.54. The van der Waals surface area contributed by atoms with Gasteiger partial charge in [0.15, 0.2) is 11.9 Å². The fraction of sp³-hybridized carbons (Fsp3) is 0. The van der Waals surface area contributed by atoms with Gasteiger partial charge in [0, 0.05) is 6.20 Å². The van der Waals surface area contributed by atoms with Crippen molar-refractivity contribution in [3.63, 3.8) is 0 Å². The van der Waals surface area contributed by atoms with Gasteiger partial charge < -0.3 is 4.42 Å². The Balaban J connectivity index is 2.86. The summed E-state index contributed by atoms with van der Waals surface area (Å²) in [6.45, 7) is 0. The predicted molar refractivity (Wildman–Crippen MR) is 39.4 cm³/mol. The largest absolute Gasteiger partial charge is 0.462 e. The standard InChI is InChI=1S/C8H5NO2/c10-4-6-5-11-7-2-1-3-9-8(6)7/h1-5H. The molecule has 0 aromatic carbocycles. The number of carbonyl (C=O) groups is 1. The maximum atomic E-state index is 10.4. The smallest absolute Gasteiger partial charge is 0.155 e. The molecule has 3 heteroatoms. The average molecular weight is 147 g/mol. The highest BCUT2D eigenvalue weighted by Crippen LogP contribution is 2.15. The Morgan fingerprint density at radius 1 is 1.55 bits per heavy atom. The summed E-state index contributed by atoms with van der Waals surface area (Å²) >= 11 is 0. The van der Waals surface area contributed by atoms with E-state index in [1.165, 1.54) is 6.26 Å². The zero-order valence-electron chi connectivity index (χ0n) is 5.65. The summed E-state index contributed by atoms with van der Waals surface area (Å²) < 4.78 is 5.05. The molecule has 2 heterocycles. The van der Waals surface area contributed by atoms with Crippen LogP contribution in [0.25, 0.3) is 11.1 Å². The van der Waals surface area contributed by atoms with Gasteiger partial charge in [-0.25, -0.2) is 0 Å². The van der Waals surface area contributed by atoms with Gasteiger partial charge in [-0.05, 0) is 12.1 Å². The molecule has 0 spiro atoms. The molecular formula is C8H5NO2. The van der Waals surface area contributed by atoms with Crippen LogP contribution in [0.1, 0.15) is 10.4 Å².